The highest BCUT2D eigenvalue weighted by Gasteiger charge is 2.16. The summed E-state index contributed by atoms with van der Waals surface area (Å²) in [5.41, 5.74) is 1.15. The molecule has 0 saturated carbocycles. The zero-order valence-electron chi connectivity index (χ0n) is 15.9. The van der Waals surface area contributed by atoms with Crippen LogP contribution in [0, 0.1) is 0 Å². The predicted molar refractivity (Wildman–Crippen MR) is 97.5 cm³/mol. The Labute approximate surface area is 154 Å². The highest BCUT2D eigenvalue weighted by Crippen LogP contribution is 2.08. The van der Waals surface area contributed by atoms with Crippen molar-refractivity contribution in [1.29, 1.82) is 0 Å². The summed E-state index contributed by atoms with van der Waals surface area (Å²) >= 11 is 0. The van der Waals surface area contributed by atoms with E-state index in [1.54, 1.807) is 20.8 Å². The molecule has 0 bridgehead atoms. The minimum absolute atomic E-state index is 0.0239. The maximum atomic E-state index is 11.7. The first kappa shape index (κ1) is 21.5. The van der Waals surface area contributed by atoms with E-state index >= 15 is 0 Å². The van der Waals surface area contributed by atoms with Gasteiger partial charge < -0.3 is 20.1 Å². The molecule has 0 aliphatic heterocycles. The van der Waals surface area contributed by atoms with E-state index in [1.165, 1.54) is 0 Å². The molecule has 0 unspecified atom stereocenters. The van der Waals surface area contributed by atoms with E-state index in [1.807, 2.05) is 31.2 Å². The van der Waals surface area contributed by atoms with Gasteiger partial charge in [0.1, 0.15) is 12.2 Å². The van der Waals surface area contributed by atoms with Crippen LogP contribution < -0.4 is 10.6 Å². The van der Waals surface area contributed by atoms with Crippen molar-refractivity contribution in [1.82, 2.24) is 10.6 Å². The molecule has 0 radical (unpaired) electrons. The first-order valence-electron chi connectivity index (χ1n) is 8.66. The van der Waals surface area contributed by atoms with Crippen molar-refractivity contribution in [3.63, 3.8) is 0 Å². The van der Waals surface area contributed by atoms with Crippen LogP contribution in [0.4, 0.5) is 4.79 Å². The summed E-state index contributed by atoms with van der Waals surface area (Å²) in [4.78, 5) is 34.7. The lowest BCUT2D eigenvalue weighted by Crippen LogP contribution is -2.33. The van der Waals surface area contributed by atoms with Crippen molar-refractivity contribution >= 4 is 18.0 Å². The van der Waals surface area contributed by atoms with E-state index in [9.17, 15) is 14.4 Å². The third kappa shape index (κ3) is 9.66. The predicted octanol–water partition coefficient (Wildman–Crippen LogP) is 2.32. The fraction of sp³-hybridized carbons (Fsp3) is 0.526. The van der Waals surface area contributed by atoms with Crippen molar-refractivity contribution in [3.05, 3.63) is 35.4 Å². The van der Waals surface area contributed by atoms with Gasteiger partial charge in [-0.05, 0) is 38.8 Å². The van der Waals surface area contributed by atoms with E-state index in [4.69, 9.17) is 9.47 Å². The lowest BCUT2D eigenvalue weighted by Gasteiger charge is -2.19. The van der Waals surface area contributed by atoms with Gasteiger partial charge in [0.15, 0.2) is 0 Å². The highest BCUT2D eigenvalue weighted by atomic mass is 16.6. The Bertz CT molecular complexity index is 605. The van der Waals surface area contributed by atoms with E-state index < -0.39 is 17.7 Å². The number of benzene rings is 1. The molecule has 0 aliphatic carbocycles. The Kier molecular flexibility index (Phi) is 8.61. The molecule has 0 heterocycles. The van der Waals surface area contributed by atoms with Gasteiger partial charge in [-0.25, -0.2) is 4.79 Å². The van der Waals surface area contributed by atoms with Crippen molar-refractivity contribution in [3.8, 4) is 0 Å². The average molecular weight is 364 g/mol. The van der Waals surface area contributed by atoms with Crippen molar-refractivity contribution < 1.29 is 23.9 Å². The molecular formula is C19H28N2O5. The number of hydrogen-bond acceptors (Lipinski definition) is 5. The van der Waals surface area contributed by atoms with Gasteiger partial charge in [-0.15, -0.1) is 0 Å². The van der Waals surface area contributed by atoms with Crippen molar-refractivity contribution in [2.75, 3.05) is 13.1 Å². The summed E-state index contributed by atoms with van der Waals surface area (Å²) in [6.45, 7) is 8.08. The Morgan fingerprint density at radius 1 is 1.00 bits per heavy atom. The second kappa shape index (κ2) is 10.4. The monoisotopic (exact) mass is 364 g/mol. The maximum absolute atomic E-state index is 11.7. The van der Waals surface area contributed by atoms with Crippen LogP contribution in [-0.2, 0) is 32.1 Å². The summed E-state index contributed by atoms with van der Waals surface area (Å²) in [5, 5.41) is 5.25. The molecule has 0 spiro atoms. The fourth-order valence-electron chi connectivity index (χ4n) is 2.02. The number of esters is 1. The topological polar surface area (TPSA) is 93.7 Å². The molecule has 144 valence electrons. The molecular weight excluding hydrogens is 336 g/mol. The first-order chi connectivity index (χ1) is 12.2. The Morgan fingerprint density at radius 3 is 2.19 bits per heavy atom. The molecule has 1 aromatic rings. The zero-order chi connectivity index (χ0) is 19.6. The van der Waals surface area contributed by atoms with E-state index in [2.05, 4.69) is 10.6 Å². The molecule has 0 atom stereocenters. The summed E-state index contributed by atoms with van der Waals surface area (Å²) in [7, 11) is 0. The maximum Gasteiger partial charge on any atom is 0.407 e. The molecule has 0 fully saturated rings. The van der Waals surface area contributed by atoms with Gasteiger partial charge in [0.2, 0.25) is 5.91 Å². The number of rotatable bonds is 8. The van der Waals surface area contributed by atoms with Crippen molar-refractivity contribution in [2.45, 2.75) is 52.7 Å². The van der Waals surface area contributed by atoms with Crippen molar-refractivity contribution in [2.24, 2.45) is 0 Å². The molecule has 0 aliphatic rings. The molecule has 0 saturated heterocycles. The Balaban J connectivity index is 2.28. The molecule has 26 heavy (non-hydrogen) atoms. The summed E-state index contributed by atoms with van der Waals surface area (Å²) in [6, 6.07) is 7.31. The van der Waals surface area contributed by atoms with Crippen LogP contribution in [0.3, 0.4) is 0 Å². The van der Waals surface area contributed by atoms with Gasteiger partial charge in [0.25, 0.3) is 0 Å². The van der Waals surface area contributed by atoms with Gasteiger partial charge in [-0.1, -0.05) is 24.3 Å². The SMILES string of the molecule is CCNC(=O)Cc1ccc(COC(=O)CCNC(=O)OC(C)(C)C)cc1. The van der Waals surface area contributed by atoms with Gasteiger partial charge in [-0.3, -0.25) is 9.59 Å². The summed E-state index contributed by atoms with van der Waals surface area (Å²) in [6.07, 6.45) is -0.174. The van der Waals surface area contributed by atoms with E-state index in [0.717, 1.165) is 11.1 Å². The number of likely N-dealkylation sites (N-methyl/N-ethyl adjacent to an activating group) is 1. The Morgan fingerprint density at radius 2 is 1.62 bits per heavy atom. The van der Waals surface area contributed by atoms with E-state index in [0.29, 0.717) is 13.0 Å². The van der Waals surface area contributed by atoms with Gasteiger partial charge in [-0.2, -0.15) is 0 Å². The molecule has 2 amide bonds. The molecule has 0 aromatic heterocycles. The lowest BCUT2D eigenvalue weighted by molar-refractivity contribution is -0.144. The fourth-order valence-corrected chi connectivity index (χ4v) is 2.02. The van der Waals surface area contributed by atoms with Gasteiger partial charge >= 0.3 is 12.1 Å². The number of nitrogens with one attached hydrogen (secondary N) is 2. The molecule has 1 rings (SSSR count). The smallest absolute Gasteiger partial charge is 0.407 e. The van der Waals surface area contributed by atoms with Gasteiger partial charge in [0.05, 0.1) is 12.8 Å². The zero-order valence-corrected chi connectivity index (χ0v) is 15.9. The standard InChI is InChI=1S/C19H28N2O5/c1-5-20-16(22)12-14-6-8-15(9-7-14)13-25-17(23)10-11-21-18(24)26-19(2,3)4/h6-9H,5,10-13H2,1-4H3,(H,20,22)(H,21,24). The Hall–Kier alpha value is -2.57. The summed E-state index contributed by atoms with van der Waals surface area (Å²) in [5.74, 6) is -0.434. The third-order valence-corrected chi connectivity index (χ3v) is 3.16. The van der Waals surface area contributed by atoms with Crippen LogP contribution in [0.1, 0.15) is 45.2 Å². The first-order valence-corrected chi connectivity index (χ1v) is 8.66. The minimum atomic E-state index is -0.575. The summed E-state index contributed by atoms with van der Waals surface area (Å²) < 4.78 is 10.2. The molecule has 2 N–H and O–H groups in total. The number of hydrogen-bond donors (Lipinski definition) is 2. The largest absolute Gasteiger partial charge is 0.461 e. The van der Waals surface area contributed by atoms with E-state index in [-0.39, 0.29) is 25.5 Å². The highest BCUT2D eigenvalue weighted by molar-refractivity contribution is 5.78. The number of carbonyl (C=O) groups is 3. The quantitative estimate of drug-likeness (QED) is 0.691. The molecule has 7 heteroatoms. The number of alkyl carbamates (subject to hydrolysis) is 1. The number of ether oxygens (including phenoxy) is 2. The third-order valence-electron chi connectivity index (χ3n) is 3.16. The second-order valence-corrected chi connectivity index (χ2v) is 6.79. The van der Waals surface area contributed by atoms with Crippen LogP contribution in [0.5, 0.6) is 0 Å². The number of carbonyl (C=O) groups excluding carboxylic acids is 3. The molecule has 1 aromatic carbocycles. The average Bonchev–Trinajstić information content (AvgIpc) is 2.52. The van der Waals surface area contributed by atoms with Gasteiger partial charge in [0, 0.05) is 13.1 Å². The number of amides is 2. The van der Waals surface area contributed by atoms with Crippen LogP contribution in [0.15, 0.2) is 24.3 Å². The minimum Gasteiger partial charge on any atom is -0.461 e. The van der Waals surface area contributed by atoms with Crippen LogP contribution in [-0.4, -0.2) is 36.7 Å². The second-order valence-electron chi connectivity index (χ2n) is 6.79. The normalized spacial score (nSPS) is 10.8. The van der Waals surface area contributed by atoms with Crippen LogP contribution in [0.2, 0.25) is 0 Å². The molecule has 7 nitrogen and oxygen atoms in total. The van der Waals surface area contributed by atoms with Crippen LogP contribution >= 0.6 is 0 Å². The van der Waals surface area contributed by atoms with Crippen LogP contribution in [0.25, 0.3) is 0 Å². The lowest BCUT2D eigenvalue weighted by atomic mass is 10.1.